The number of benzene rings is 3. The van der Waals surface area contributed by atoms with Crippen molar-refractivity contribution in [3.63, 3.8) is 0 Å². The third kappa shape index (κ3) is 5.95. The Morgan fingerprint density at radius 1 is 1.03 bits per heavy atom. The molecule has 3 rings (SSSR count). The highest BCUT2D eigenvalue weighted by Gasteiger charge is 2.13. The summed E-state index contributed by atoms with van der Waals surface area (Å²) in [5, 5.41) is 12.7. The summed E-state index contributed by atoms with van der Waals surface area (Å²) in [5.41, 5.74) is 2.10. The summed E-state index contributed by atoms with van der Waals surface area (Å²) in [5.74, 6) is -0.862. The van der Waals surface area contributed by atoms with Crippen LogP contribution in [-0.2, 0) is 4.79 Å². The molecule has 0 unspecified atom stereocenters. The maximum absolute atomic E-state index is 12.5. The van der Waals surface area contributed by atoms with Gasteiger partial charge in [-0.1, -0.05) is 53.0 Å². The number of carbonyl (C=O) groups is 2. The van der Waals surface area contributed by atoms with Gasteiger partial charge in [0.2, 0.25) is 0 Å². The van der Waals surface area contributed by atoms with Crippen LogP contribution in [0.5, 0.6) is 5.75 Å². The molecule has 0 radical (unpaired) electrons. The van der Waals surface area contributed by atoms with Crippen LogP contribution in [0, 0.1) is 18.3 Å². The van der Waals surface area contributed by atoms with Gasteiger partial charge < -0.3 is 10.1 Å². The number of halogens is 2. The maximum atomic E-state index is 12.5. The standard InChI is InChI=1S/C24H16Cl2N2O3/c1-15-5-7-17(8-6-15)24(30)31-20-4-2-3-16(12-20)11-18(14-27)23(29)28-22-13-19(25)9-10-21(22)26/h2-13H,1H3,(H,28,29)/b18-11+. The van der Waals surface area contributed by atoms with Crippen molar-refractivity contribution in [1.82, 2.24) is 0 Å². The lowest BCUT2D eigenvalue weighted by atomic mass is 10.1. The van der Waals surface area contributed by atoms with Crippen molar-refractivity contribution in [2.75, 3.05) is 5.32 Å². The van der Waals surface area contributed by atoms with E-state index in [1.165, 1.54) is 12.1 Å². The second-order valence-corrected chi connectivity index (χ2v) is 7.42. The van der Waals surface area contributed by atoms with Crippen molar-refractivity contribution in [3.05, 3.63) is 99.0 Å². The smallest absolute Gasteiger partial charge is 0.343 e. The van der Waals surface area contributed by atoms with E-state index in [4.69, 9.17) is 27.9 Å². The van der Waals surface area contributed by atoms with E-state index in [0.29, 0.717) is 26.9 Å². The van der Waals surface area contributed by atoms with Gasteiger partial charge >= 0.3 is 5.97 Å². The van der Waals surface area contributed by atoms with Crippen molar-refractivity contribution in [1.29, 1.82) is 5.26 Å². The number of amides is 1. The Kier molecular flexibility index (Phi) is 7.09. The average Bonchev–Trinajstić information content (AvgIpc) is 2.75. The molecule has 0 fully saturated rings. The molecule has 0 aliphatic heterocycles. The van der Waals surface area contributed by atoms with E-state index < -0.39 is 11.9 Å². The fourth-order valence-corrected chi connectivity index (χ4v) is 2.96. The van der Waals surface area contributed by atoms with E-state index >= 15 is 0 Å². The van der Waals surface area contributed by atoms with Gasteiger partial charge in [0.1, 0.15) is 17.4 Å². The molecule has 3 aromatic rings. The van der Waals surface area contributed by atoms with Crippen molar-refractivity contribution in [2.45, 2.75) is 6.92 Å². The topological polar surface area (TPSA) is 79.2 Å². The van der Waals surface area contributed by atoms with Gasteiger partial charge in [-0.05, 0) is 61.0 Å². The average molecular weight is 451 g/mol. The zero-order valence-electron chi connectivity index (χ0n) is 16.4. The van der Waals surface area contributed by atoms with Gasteiger partial charge in [-0.25, -0.2) is 4.79 Å². The molecule has 0 spiro atoms. The van der Waals surface area contributed by atoms with Gasteiger partial charge in [0.15, 0.2) is 0 Å². The lowest BCUT2D eigenvalue weighted by Crippen LogP contribution is -2.13. The molecule has 0 bridgehead atoms. The number of nitrogens with one attached hydrogen (secondary N) is 1. The summed E-state index contributed by atoms with van der Waals surface area (Å²) in [7, 11) is 0. The van der Waals surface area contributed by atoms with E-state index in [2.05, 4.69) is 5.32 Å². The SMILES string of the molecule is Cc1ccc(C(=O)Oc2cccc(/C=C(\C#N)C(=O)Nc3cc(Cl)ccc3Cl)c2)cc1. The van der Waals surface area contributed by atoms with E-state index in [1.807, 2.05) is 25.1 Å². The molecule has 0 aromatic heterocycles. The van der Waals surface area contributed by atoms with E-state index in [-0.39, 0.29) is 11.3 Å². The van der Waals surface area contributed by atoms with Gasteiger partial charge in [-0.15, -0.1) is 0 Å². The van der Waals surface area contributed by atoms with Crippen LogP contribution in [0.2, 0.25) is 10.0 Å². The van der Waals surface area contributed by atoms with Crippen LogP contribution < -0.4 is 10.1 Å². The first kappa shape index (κ1) is 22.1. The molecule has 1 N–H and O–H groups in total. The molecule has 0 aliphatic rings. The van der Waals surface area contributed by atoms with Gasteiger partial charge in [-0.2, -0.15) is 5.26 Å². The predicted molar refractivity (Wildman–Crippen MR) is 121 cm³/mol. The van der Waals surface area contributed by atoms with Crippen molar-refractivity contribution < 1.29 is 14.3 Å². The first-order chi connectivity index (χ1) is 14.9. The summed E-state index contributed by atoms with van der Waals surface area (Å²) in [6.07, 6.45) is 1.39. The maximum Gasteiger partial charge on any atom is 0.343 e. The second kappa shape index (κ2) is 9.94. The molecule has 0 saturated heterocycles. The number of esters is 1. The molecule has 7 heteroatoms. The zero-order chi connectivity index (χ0) is 22.4. The molecule has 0 atom stereocenters. The van der Waals surface area contributed by atoms with Gasteiger partial charge in [0.05, 0.1) is 16.3 Å². The highest BCUT2D eigenvalue weighted by molar-refractivity contribution is 6.36. The van der Waals surface area contributed by atoms with Crippen LogP contribution in [0.15, 0.2) is 72.3 Å². The van der Waals surface area contributed by atoms with Crippen LogP contribution in [0.1, 0.15) is 21.5 Å². The second-order valence-electron chi connectivity index (χ2n) is 6.58. The molecular weight excluding hydrogens is 435 g/mol. The number of aryl methyl sites for hydroxylation is 1. The lowest BCUT2D eigenvalue weighted by molar-refractivity contribution is -0.112. The molecule has 1 amide bonds. The minimum Gasteiger partial charge on any atom is -0.423 e. The van der Waals surface area contributed by atoms with Crippen molar-refractivity contribution in [2.24, 2.45) is 0 Å². The quantitative estimate of drug-likeness (QED) is 0.221. The monoisotopic (exact) mass is 450 g/mol. The van der Waals surface area contributed by atoms with E-state index in [1.54, 1.807) is 48.5 Å². The van der Waals surface area contributed by atoms with Gasteiger partial charge in [0.25, 0.3) is 5.91 Å². The lowest BCUT2D eigenvalue weighted by Gasteiger charge is -2.08. The Hall–Kier alpha value is -3.59. The minimum absolute atomic E-state index is 0.155. The first-order valence-corrected chi connectivity index (χ1v) is 9.88. The van der Waals surface area contributed by atoms with Gasteiger partial charge in [-0.3, -0.25) is 4.79 Å². The molecular formula is C24H16Cl2N2O3. The summed E-state index contributed by atoms with van der Waals surface area (Å²) in [6.45, 7) is 1.92. The Morgan fingerprint density at radius 3 is 2.48 bits per heavy atom. The minimum atomic E-state index is -0.645. The Labute approximate surface area is 189 Å². The zero-order valence-corrected chi connectivity index (χ0v) is 17.9. The third-order valence-corrected chi connectivity index (χ3v) is 4.77. The number of hydrogen-bond acceptors (Lipinski definition) is 4. The summed E-state index contributed by atoms with van der Waals surface area (Å²) >= 11 is 12.0. The predicted octanol–water partition coefficient (Wildman–Crippen LogP) is 6.07. The molecule has 0 heterocycles. The summed E-state index contributed by atoms with van der Waals surface area (Å²) < 4.78 is 5.40. The fraction of sp³-hybridized carbons (Fsp3) is 0.0417. The van der Waals surface area contributed by atoms with Crippen molar-refractivity contribution in [3.8, 4) is 11.8 Å². The first-order valence-electron chi connectivity index (χ1n) is 9.13. The summed E-state index contributed by atoms with van der Waals surface area (Å²) in [4.78, 5) is 24.8. The number of nitrogens with zero attached hydrogens (tertiary/aromatic N) is 1. The molecule has 5 nitrogen and oxygen atoms in total. The highest BCUT2D eigenvalue weighted by atomic mass is 35.5. The number of rotatable bonds is 5. The third-order valence-electron chi connectivity index (χ3n) is 4.21. The van der Waals surface area contributed by atoms with Crippen molar-refractivity contribution >= 4 is 46.8 Å². The van der Waals surface area contributed by atoms with Gasteiger partial charge in [0, 0.05) is 5.02 Å². The molecule has 3 aromatic carbocycles. The van der Waals surface area contributed by atoms with Crippen LogP contribution in [-0.4, -0.2) is 11.9 Å². The number of ether oxygens (including phenoxy) is 1. The molecule has 31 heavy (non-hydrogen) atoms. The molecule has 0 aliphatic carbocycles. The number of nitriles is 1. The van der Waals surface area contributed by atoms with Crippen LogP contribution in [0.25, 0.3) is 6.08 Å². The van der Waals surface area contributed by atoms with E-state index in [0.717, 1.165) is 5.56 Å². The molecule has 154 valence electrons. The van der Waals surface area contributed by atoms with E-state index in [9.17, 15) is 14.9 Å². The fourth-order valence-electron chi connectivity index (χ4n) is 2.62. The van der Waals surface area contributed by atoms with Crippen LogP contribution in [0.3, 0.4) is 0 Å². The Morgan fingerprint density at radius 2 is 1.77 bits per heavy atom. The number of anilines is 1. The largest absolute Gasteiger partial charge is 0.423 e. The molecule has 0 saturated carbocycles. The van der Waals surface area contributed by atoms with Crippen LogP contribution in [0.4, 0.5) is 5.69 Å². The Bertz CT molecular complexity index is 1210. The normalized spacial score (nSPS) is 10.8. The summed E-state index contributed by atoms with van der Waals surface area (Å²) in [6, 6.07) is 20.0. The highest BCUT2D eigenvalue weighted by Crippen LogP contribution is 2.26. The number of carbonyl (C=O) groups excluding carboxylic acids is 2. The Balaban J connectivity index is 1.77. The van der Waals surface area contributed by atoms with Crippen LogP contribution >= 0.6 is 23.2 Å². The number of hydrogen-bond donors (Lipinski definition) is 1.